The van der Waals surface area contributed by atoms with Crippen molar-refractivity contribution in [2.45, 2.75) is 19.5 Å². The first-order chi connectivity index (χ1) is 6.61. The minimum absolute atomic E-state index is 0.174. The summed E-state index contributed by atoms with van der Waals surface area (Å²) < 4.78 is 13.1. The Bertz CT molecular complexity index is 326. The van der Waals surface area contributed by atoms with Gasteiger partial charge < -0.3 is 11.1 Å². The first-order valence-corrected chi connectivity index (χ1v) is 4.38. The third-order valence-electron chi connectivity index (χ3n) is 1.82. The Morgan fingerprint density at radius 1 is 1.57 bits per heavy atom. The van der Waals surface area contributed by atoms with Crippen molar-refractivity contribution in [3.05, 3.63) is 35.6 Å². The second kappa shape index (κ2) is 4.72. The number of halogens is 1. The van der Waals surface area contributed by atoms with Crippen LogP contribution in [0.5, 0.6) is 0 Å². The van der Waals surface area contributed by atoms with Crippen LogP contribution in [-0.2, 0) is 11.3 Å². The molecular weight excluding hydrogens is 183 g/mol. The summed E-state index contributed by atoms with van der Waals surface area (Å²) in [7, 11) is 0. The van der Waals surface area contributed by atoms with Crippen molar-refractivity contribution in [3.8, 4) is 0 Å². The Balaban J connectivity index is 2.54. The second-order valence-corrected chi connectivity index (χ2v) is 3.10. The van der Waals surface area contributed by atoms with E-state index in [-0.39, 0.29) is 18.3 Å². The molecule has 0 aliphatic rings. The molecule has 1 aromatic carbocycles. The summed E-state index contributed by atoms with van der Waals surface area (Å²) in [6, 6.07) is 5.73. The monoisotopic (exact) mass is 196 g/mol. The van der Waals surface area contributed by atoms with Crippen LogP contribution in [0.4, 0.5) is 4.39 Å². The molecule has 0 bridgehead atoms. The molecule has 0 radical (unpaired) electrons. The molecule has 1 aromatic rings. The molecule has 0 aliphatic heterocycles. The largest absolute Gasteiger partial charge is 0.351 e. The molecule has 1 amide bonds. The molecule has 0 aliphatic carbocycles. The molecule has 1 unspecified atom stereocenters. The van der Waals surface area contributed by atoms with Crippen molar-refractivity contribution in [2.24, 2.45) is 5.73 Å². The predicted octanol–water partition coefficient (Wildman–Crippen LogP) is 0.789. The summed E-state index contributed by atoms with van der Waals surface area (Å²) >= 11 is 0. The van der Waals surface area contributed by atoms with E-state index in [4.69, 9.17) is 5.73 Å². The Hall–Kier alpha value is -1.42. The summed E-state index contributed by atoms with van der Waals surface area (Å²) in [5.74, 6) is -0.606. The summed E-state index contributed by atoms with van der Waals surface area (Å²) in [6.45, 7) is 1.75. The molecule has 0 heterocycles. The lowest BCUT2D eigenvalue weighted by Gasteiger charge is -2.07. The summed E-state index contributed by atoms with van der Waals surface area (Å²) in [6.07, 6.45) is 0. The first-order valence-electron chi connectivity index (χ1n) is 4.38. The molecule has 1 rings (SSSR count). The average Bonchev–Trinajstić information content (AvgIpc) is 2.16. The van der Waals surface area contributed by atoms with Gasteiger partial charge in [0, 0.05) is 12.1 Å². The maximum Gasteiger partial charge on any atom is 0.236 e. The lowest BCUT2D eigenvalue weighted by molar-refractivity contribution is -0.122. The fraction of sp³-hybridized carbons (Fsp3) is 0.300. The Kier molecular flexibility index (Phi) is 3.59. The maximum atomic E-state index is 13.1. The minimum atomic E-state index is -0.568. The number of nitrogens with two attached hydrogens (primary N) is 1. The molecule has 3 N–H and O–H groups in total. The van der Waals surface area contributed by atoms with Crippen LogP contribution in [0.25, 0.3) is 0 Å². The van der Waals surface area contributed by atoms with Crippen LogP contribution in [0.2, 0.25) is 0 Å². The summed E-state index contributed by atoms with van der Waals surface area (Å²) in [5, 5.41) is 2.54. The fourth-order valence-corrected chi connectivity index (χ4v) is 0.985. The van der Waals surface area contributed by atoms with Gasteiger partial charge in [0.2, 0.25) is 5.91 Å². The van der Waals surface area contributed by atoms with Crippen LogP contribution in [0, 0.1) is 5.82 Å². The van der Waals surface area contributed by atoms with E-state index in [2.05, 4.69) is 5.32 Å². The summed E-state index contributed by atoms with van der Waals surface area (Å²) in [5.41, 5.74) is 5.79. The highest BCUT2D eigenvalue weighted by molar-refractivity contribution is 5.80. The third kappa shape index (κ3) is 2.81. The van der Waals surface area contributed by atoms with Gasteiger partial charge in [0.1, 0.15) is 5.82 Å². The van der Waals surface area contributed by atoms with Gasteiger partial charge in [-0.2, -0.15) is 0 Å². The van der Waals surface area contributed by atoms with Gasteiger partial charge in [-0.1, -0.05) is 18.2 Å². The second-order valence-electron chi connectivity index (χ2n) is 3.10. The molecule has 3 nitrogen and oxygen atoms in total. The topological polar surface area (TPSA) is 55.1 Å². The predicted molar refractivity (Wildman–Crippen MR) is 51.9 cm³/mol. The molecular formula is C10H13FN2O. The number of hydrogen-bond donors (Lipinski definition) is 2. The van der Waals surface area contributed by atoms with Crippen LogP contribution >= 0.6 is 0 Å². The van der Waals surface area contributed by atoms with Crippen molar-refractivity contribution in [2.75, 3.05) is 0 Å². The van der Waals surface area contributed by atoms with E-state index < -0.39 is 6.04 Å². The highest BCUT2D eigenvalue weighted by atomic mass is 19.1. The van der Waals surface area contributed by atoms with Crippen LogP contribution in [0.15, 0.2) is 24.3 Å². The van der Waals surface area contributed by atoms with Crippen molar-refractivity contribution in [3.63, 3.8) is 0 Å². The van der Waals surface area contributed by atoms with Crippen LogP contribution < -0.4 is 11.1 Å². The lowest BCUT2D eigenvalue weighted by atomic mass is 10.2. The fourth-order valence-electron chi connectivity index (χ4n) is 0.985. The Labute approximate surface area is 82.1 Å². The number of benzene rings is 1. The highest BCUT2D eigenvalue weighted by Gasteiger charge is 2.07. The van der Waals surface area contributed by atoms with Crippen LogP contribution in [0.1, 0.15) is 12.5 Å². The molecule has 4 heteroatoms. The molecule has 0 aromatic heterocycles. The molecule has 0 fully saturated rings. The van der Waals surface area contributed by atoms with Crippen molar-refractivity contribution in [1.29, 1.82) is 0 Å². The molecule has 0 spiro atoms. The highest BCUT2D eigenvalue weighted by Crippen LogP contribution is 2.05. The normalized spacial score (nSPS) is 12.2. The van der Waals surface area contributed by atoms with E-state index >= 15 is 0 Å². The van der Waals surface area contributed by atoms with Gasteiger partial charge in [-0.25, -0.2) is 4.39 Å². The van der Waals surface area contributed by atoms with E-state index in [1.54, 1.807) is 25.1 Å². The zero-order valence-electron chi connectivity index (χ0n) is 7.96. The molecule has 0 saturated carbocycles. The Morgan fingerprint density at radius 2 is 2.21 bits per heavy atom. The standard InChI is InChI=1S/C10H13FN2O/c1-7(12)10(14)13-6-8-4-2-3-5-9(8)11/h2-5,7H,6,12H2,1H3,(H,13,14). The number of carbonyl (C=O) groups is 1. The number of rotatable bonds is 3. The first kappa shape index (κ1) is 10.7. The van der Waals surface area contributed by atoms with Gasteiger partial charge >= 0.3 is 0 Å². The van der Waals surface area contributed by atoms with E-state index in [1.807, 2.05) is 0 Å². The number of hydrogen-bond acceptors (Lipinski definition) is 2. The van der Waals surface area contributed by atoms with E-state index in [1.165, 1.54) is 6.07 Å². The van der Waals surface area contributed by atoms with Gasteiger partial charge in [-0.05, 0) is 13.0 Å². The molecule has 14 heavy (non-hydrogen) atoms. The van der Waals surface area contributed by atoms with Crippen LogP contribution in [-0.4, -0.2) is 11.9 Å². The zero-order chi connectivity index (χ0) is 10.6. The van der Waals surface area contributed by atoms with Crippen molar-refractivity contribution < 1.29 is 9.18 Å². The average molecular weight is 196 g/mol. The zero-order valence-corrected chi connectivity index (χ0v) is 7.96. The SMILES string of the molecule is CC(N)C(=O)NCc1ccccc1F. The minimum Gasteiger partial charge on any atom is -0.351 e. The van der Waals surface area contributed by atoms with E-state index in [0.717, 1.165) is 0 Å². The van der Waals surface area contributed by atoms with Crippen LogP contribution in [0.3, 0.4) is 0 Å². The summed E-state index contributed by atoms with van der Waals surface area (Å²) in [4.78, 5) is 11.1. The molecule has 76 valence electrons. The van der Waals surface area contributed by atoms with Gasteiger partial charge in [-0.3, -0.25) is 4.79 Å². The van der Waals surface area contributed by atoms with Gasteiger partial charge in [0.05, 0.1) is 6.04 Å². The van der Waals surface area contributed by atoms with Gasteiger partial charge in [0.15, 0.2) is 0 Å². The molecule has 0 saturated heterocycles. The number of carbonyl (C=O) groups excluding carboxylic acids is 1. The van der Waals surface area contributed by atoms with E-state index in [0.29, 0.717) is 5.56 Å². The number of nitrogens with one attached hydrogen (secondary N) is 1. The molecule has 1 atom stereocenters. The van der Waals surface area contributed by atoms with Crippen molar-refractivity contribution >= 4 is 5.91 Å². The maximum absolute atomic E-state index is 13.1. The quantitative estimate of drug-likeness (QED) is 0.751. The lowest BCUT2D eigenvalue weighted by Crippen LogP contribution is -2.37. The number of amides is 1. The van der Waals surface area contributed by atoms with E-state index in [9.17, 15) is 9.18 Å². The van der Waals surface area contributed by atoms with Gasteiger partial charge in [0.25, 0.3) is 0 Å². The third-order valence-corrected chi connectivity index (χ3v) is 1.82. The van der Waals surface area contributed by atoms with Crippen molar-refractivity contribution in [1.82, 2.24) is 5.32 Å². The van der Waals surface area contributed by atoms with Gasteiger partial charge in [-0.15, -0.1) is 0 Å². The Morgan fingerprint density at radius 3 is 2.79 bits per heavy atom. The smallest absolute Gasteiger partial charge is 0.236 e.